The standard InChI is InChI=1S/C28H54O2.C28H6.O2.24H2/c1-6-7-8-9-10-11-12-13-14-15-16-17-18-19-20-24(2)21-25(3)22-26(4)23-27(5)28(29)30;1-3-5-7-9-11-13-15-17-19-21-23-25-27-28-26-24-22-20-18-16-14-12-10-8-6-4-2;1-2;;;;;;;;;;;;;;;;;;;;;;;;/h23-26H,6-22H2,1-5H3,(H,29,30);1-2H3;;24*1H/b27-23+;;;;;;;;;;;;;;;;;;;;;;;;;;/t24-,25-,26-;;;;;;;;;;;;;;;;;;;;;;;;;;/m0........................../s1. The zero-order chi connectivity index (χ0) is 45.0. The van der Waals surface area contributed by atoms with Crippen molar-refractivity contribution in [2.45, 2.75) is 158 Å². The molecule has 0 aliphatic carbocycles. The number of hydrogen-bond donors (Lipinski definition) is 1. The zero-order valence-electron chi connectivity index (χ0n) is 37.0. The van der Waals surface area contributed by atoms with E-state index in [0.717, 1.165) is 12.3 Å². The third-order valence-electron chi connectivity index (χ3n) is 8.19. The summed E-state index contributed by atoms with van der Waals surface area (Å²) in [6.07, 6.45) is 25.6. The van der Waals surface area contributed by atoms with Crippen molar-refractivity contribution in [3.05, 3.63) is 21.6 Å². The molecule has 0 aliphatic heterocycles. The highest BCUT2D eigenvalue weighted by Gasteiger charge is 2.12. The molecule has 0 unspecified atom stereocenters. The summed E-state index contributed by atoms with van der Waals surface area (Å²) in [6.45, 7) is 14.2. The third kappa shape index (κ3) is 51.1. The van der Waals surface area contributed by atoms with Crippen molar-refractivity contribution in [2.24, 2.45) is 17.8 Å². The van der Waals surface area contributed by atoms with Crippen molar-refractivity contribution < 1.29 is 44.1 Å². The number of hydrogen-bond acceptors (Lipinski definition) is 3. The van der Waals surface area contributed by atoms with Gasteiger partial charge in [-0.25, -0.2) is 4.79 Å². The van der Waals surface area contributed by atoms with Crippen LogP contribution in [0, 0.1) is 182 Å². The fourth-order valence-corrected chi connectivity index (χ4v) is 5.60. The normalized spacial score (nSPS) is 9.48. The maximum absolute atomic E-state index is 10.9. The van der Waals surface area contributed by atoms with Crippen LogP contribution in [0.2, 0.25) is 0 Å². The van der Waals surface area contributed by atoms with Crippen molar-refractivity contribution in [1.29, 1.82) is 0 Å². The maximum Gasteiger partial charge on any atom is 0.330 e. The molecule has 3 atom stereocenters. The topological polar surface area (TPSA) is 71.4 Å². The SMILES string of the molecule is CC#CC#CC#CC#CC#CC#CC#CC#CC#CC#CC#CC#CC#CC.CCCCCCCCCCCCCCCC[C@H](C)C[C@H](C)C[C@H](C)/C=C(\C)C(=O)O.O=O.[HH].[HH].[HH].[HH].[HH].[HH].[HH].[HH].[HH].[HH].[HH].[HH].[HH].[HH].[HH].[HH].[HH].[HH].[HH].[HH].[HH].[HH].[HH].[HH]. The highest BCUT2D eigenvalue weighted by molar-refractivity contribution is 5.85. The Hall–Kier alpha value is -6.91. The van der Waals surface area contributed by atoms with Crippen LogP contribution in [0.3, 0.4) is 0 Å². The van der Waals surface area contributed by atoms with Gasteiger partial charge in [0.25, 0.3) is 0 Å². The smallest absolute Gasteiger partial charge is 0.330 e. The van der Waals surface area contributed by atoms with Gasteiger partial charge in [-0.3, -0.25) is 0 Å². The van der Waals surface area contributed by atoms with Crippen LogP contribution in [0.25, 0.3) is 0 Å². The Morgan fingerprint density at radius 2 is 0.717 bits per heavy atom. The molecule has 4 nitrogen and oxygen atoms in total. The highest BCUT2D eigenvalue weighted by atomic mass is 16.7. The first kappa shape index (κ1) is 57.4. The van der Waals surface area contributed by atoms with Crippen LogP contribution in [0.5, 0.6) is 0 Å². The van der Waals surface area contributed by atoms with Gasteiger partial charge >= 0.3 is 5.97 Å². The van der Waals surface area contributed by atoms with Gasteiger partial charge in [0.2, 0.25) is 0 Å². The zero-order valence-corrected chi connectivity index (χ0v) is 37.0. The summed E-state index contributed by atoms with van der Waals surface area (Å²) >= 11 is 0. The summed E-state index contributed by atoms with van der Waals surface area (Å²) in [7, 11) is 0. The van der Waals surface area contributed by atoms with Crippen molar-refractivity contribution in [3.8, 4) is 154 Å². The summed E-state index contributed by atoms with van der Waals surface area (Å²) in [5, 5.41) is 9.00. The van der Waals surface area contributed by atoms with Gasteiger partial charge in [-0.2, -0.15) is 0 Å². The molecule has 0 radical (unpaired) electrons. The minimum absolute atomic E-state index is 0. The highest BCUT2D eigenvalue weighted by Crippen LogP contribution is 2.24. The average molecular weight is 845 g/mol. The fraction of sp³-hybridized carbons (Fsp3) is 0.482. The van der Waals surface area contributed by atoms with Crippen LogP contribution in [-0.4, -0.2) is 11.1 Å². The lowest BCUT2D eigenvalue weighted by Crippen LogP contribution is -2.08. The van der Waals surface area contributed by atoms with E-state index in [1.54, 1.807) is 20.8 Å². The van der Waals surface area contributed by atoms with Crippen LogP contribution in [-0.2, 0) is 4.79 Å². The van der Waals surface area contributed by atoms with Crippen molar-refractivity contribution in [1.82, 2.24) is 0 Å². The molecule has 0 aromatic carbocycles. The second-order valence-corrected chi connectivity index (χ2v) is 13.7. The fourth-order valence-electron chi connectivity index (χ4n) is 5.60. The molecule has 0 heterocycles. The molecule has 0 bridgehead atoms. The van der Waals surface area contributed by atoms with Gasteiger partial charge in [-0.05, 0) is 146 Å². The monoisotopic (exact) mass is 845 g/mol. The first-order chi connectivity index (χ1) is 29.3. The molecule has 0 saturated carbocycles. The van der Waals surface area contributed by atoms with E-state index in [1.807, 2.05) is 6.08 Å². The molecule has 0 amide bonds. The van der Waals surface area contributed by atoms with Crippen LogP contribution in [0.15, 0.2) is 11.6 Å². The van der Waals surface area contributed by atoms with Gasteiger partial charge in [-0.1, -0.05) is 142 Å². The van der Waals surface area contributed by atoms with E-state index in [2.05, 4.69) is 182 Å². The number of rotatable bonds is 21. The molecule has 0 fully saturated rings. The van der Waals surface area contributed by atoms with E-state index in [9.17, 15) is 4.79 Å². The van der Waals surface area contributed by atoms with Crippen LogP contribution < -0.4 is 0 Å². The number of aliphatic carboxylic acids is 1. The maximum atomic E-state index is 10.9. The molecule has 0 aliphatic rings. The molecule has 0 spiro atoms. The minimum atomic E-state index is -0.791. The van der Waals surface area contributed by atoms with Crippen LogP contribution >= 0.6 is 0 Å². The first-order valence-corrected chi connectivity index (χ1v) is 20.7. The largest absolute Gasteiger partial charge is 0.478 e. The Labute approximate surface area is 401 Å². The predicted octanol–water partition coefficient (Wildman–Crippen LogP) is 16.6. The Morgan fingerprint density at radius 3 is 0.983 bits per heavy atom. The molecule has 1 N–H and O–H groups in total. The number of carbonyl (C=O) groups is 1. The number of unbranched alkanes of at least 4 members (excludes halogenated alkanes) is 13. The lowest BCUT2D eigenvalue weighted by atomic mass is 9.87. The van der Waals surface area contributed by atoms with E-state index in [-0.39, 0.29) is 34.2 Å². The van der Waals surface area contributed by atoms with E-state index >= 15 is 0 Å². The van der Waals surface area contributed by atoms with Gasteiger partial charge in [0.1, 0.15) is 0 Å². The Kier molecular flexibility index (Phi) is 47.9. The van der Waals surface area contributed by atoms with Crippen LogP contribution in [0.1, 0.15) is 192 Å². The van der Waals surface area contributed by atoms with Gasteiger partial charge in [-0.15, -0.1) is 0 Å². The lowest BCUT2D eigenvalue weighted by Gasteiger charge is -2.19. The quantitative estimate of drug-likeness (QED) is 0.0710. The van der Waals surface area contributed by atoms with Gasteiger partial charge in [0, 0.05) is 97.1 Å². The van der Waals surface area contributed by atoms with Gasteiger partial charge in [0.05, 0.1) is 0 Å². The summed E-state index contributed by atoms with van der Waals surface area (Å²) in [5.74, 6) is 66.6. The Morgan fingerprint density at radius 1 is 0.450 bits per heavy atom. The van der Waals surface area contributed by atoms with E-state index in [4.69, 9.17) is 15.0 Å². The lowest BCUT2D eigenvalue weighted by molar-refractivity contribution is -0.132. The Bertz CT molecular complexity index is 2090. The van der Waals surface area contributed by atoms with E-state index in [1.165, 1.54) is 103 Å². The molecule has 356 valence electrons. The predicted molar refractivity (Wildman–Crippen MR) is 303 cm³/mol. The second kappa shape index (κ2) is 50.1. The first-order valence-electron chi connectivity index (χ1n) is 20.7. The summed E-state index contributed by atoms with van der Waals surface area (Å²) in [4.78, 5) is 24.9. The van der Waals surface area contributed by atoms with Gasteiger partial charge < -0.3 is 5.11 Å². The van der Waals surface area contributed by atoms with Crippen molar-refractivity contribution >= 4 is 5.97 Å². The molecule has 60 heavy (non-hydrogen) atoms. The van der Waals surface area contributed by atoms with E-state index < -0.39 is 5.97 Å². The van der Waals surface area contributed by atoms with Crippen LogP contribution in [0.4, 0.5) is 0 Å². The number of allylic oxidation sites excluding steroid dienone is 1. The van der Waals surface area contributed by atoms with Crippen molar-refractivity contribution in [2.75, 3.05) is 0 Å². The molecule has 0 aromatic heterocycles. The van der Waals surface area contributed by atoms with Crippen molar-refractivity contribution in [3.63, 3.8) is 0 Å². The molecule has 4 heteroatoms. The molecule has 0 aromatic rings. The van der Waals surface area contributed by atoms with E-state index in [0.29, 0.717) is 17.4 Å². The average Bonchev–Trinajstić information content (AvgIpc) is 3.23. The Balaban J connectivity index is -0.0000000235. The summed E-state index contributed by atoms with van der Waals surface area (Å²) in [5.41, 5.74) is 0.477. The number of carboxylic acid groups (broad SMARTS) is 1. The second-order valence-electron chi connectivity index (χ2n) is 13.7. The summed E-state index contributed by atoms with van der Waals surface area (Å²) < 4.78 is 0. The van der Waals surface area contributed by atoms with Gasteiger partial charge in [0.15, 0.2) is 0 Å². The molecule has 0 rings (SSSR count). The molecule has 0 saturated heterocycles. The number of carboxylic acids is 1. The minimum Gasteiger partial charge on any atom is -0.478 e. The molecular formula is C56H108O4. The summed E-state index contributed by atoms with van der Waals surface area (Å²) in [6, 6.07) is 0. The third-order valence-corrected chi connectivity index (χ3v) is 8.19. The molecular weight excluding hydrogens is 737 g/mol.